The lowest BCUT2D eigenvalue weighted by Crippen LogP contribution is -2.41. The van der Waals surface area contributed by atoms with Crippen LogP contribution in [-0.2, 0) is 4.79 Å². The molecule has 5 heteroatoms. The van der Waals surface area contributed by atoms with Gasteiger partial charge in [-0.05, 0) is 37.6 Å². The Labute approximate surface area is 111 Å². The molecule has 0 aliphatic carbocycles. The number of benzene rings is 1. The van der Waals surface area contributed by atoms with E-state index in [1.807, 2.05) is 0 Å². The Hall–Kier alpha value is -2.61. The highest BCUT2D eigenvalue weighted by Crippen LogP contribution is 2.12. The maximum atomic E-state index is 11.6. The average Bonchev–Trinajstić information content (AvgIpc) is 2.36. The zero-order chi connectivity index (χ0) is 14.5. The molecule has 0 unspecified atom stereocenters. The Morgan fingerprint density at radius 2 is 2.00 bits per heavy atom. The van der Waals surface area contributed by atoms with E-state index >= 15 is 0 Å². The van der Waals surface area contributed by atoms with E-state index in [4.69, 9.17) is 6.42 Å². The highest BCUT2D eigenvalue weighted by Gasteiger charge is 2.14. The van der Waals surface area contributed by atoms with Crippen LogP contribution in [0.2, 0.25) is 0 Å². The summed E-state index contributed by atoms with van der Waals surface area (Å²) in [6.07, 6.45) is 8.15. The first-order valence-corrected chi connectivity index (χ1v) is 5.56. The molecule has 0 aliphatic heterocycles. The molecule has 1 rings (SSSR count). The van der Waals surface area contributed by atoms with Crippen LogP contribution < -0.4 is 5.32 Å². The van der Waals surface area contributed by atoms with Crippen molar-refractivity contribution >= 4 is 17.7 Å². The Kier molecular flexibility index (Phi) is 4.43. The first-order chi connectivity index (χ1) is 8.84. The lowest BCUT2D eigenvalue weighted by Gasteiger charge is -2.17. The Morgan fingerprint density at radius 1 is 1.42 bits per heavy atom. The summed E-state index contributed by atoms with van der Waals surface area (Å²) < 4.78 is 0. The summed E-state index contributed by atoms with van der Waals surface area (Å²) in [5.74, 6) is 2.13. The van der Waals surface area contributed by atoms with Crippen molar-refractivity contribution in [2.45, 2.75) is 19.4 Å². The second-order valence-electron chi connectivity index (χ2n) is 4.44. The molecule has 0 spiro atoms. The van der Waals surface area contributed by atoms with Crippen molar-refractivity contribution in [1.82, 2.24) is 5.32 Å². The lowest BCUT2D eigenvalue weighted by molar-refractivity contribution is -0.384. The average molecular weight is 258 g/mol. The highest BCUT2D eigenvalue weighted by molar-refractivity contribution is 5.92. The molecular formula is C14H14N2O3. The fraction of sp³-hybridized carbons (Fsp3) is 0.214. The molecule has 0 heterocycles. The number of hydrogen-bond donors (Lipinski definition) is 1. The molecule has 0 radical (unpaired) electrons. The third-order valence-electron chi connectivity index (χ3n) is 2.33. The van der Waals surface area contributed by atoms with Crippen LogP contribution in [0.3, 0.4) is 0 Å². The van der Waals surface area contributed by atoms with Gasteiger partial charge in [-0.1, -0.05) is 5.92 Å². The Bertz CT molecular complexity index is 551. The fourth-order valence-electron chi connectivity index (χ4n) is 1.26. The van der Waals surface area contributed by atoms with Crippen LogP contribution in [0.15, 0.2) is 30.3 Å². The van der Waals surface area contributed by atoms with Crippen LogP contribution in [-0.4, -0.2) is 16.4 Å². The number of non-ortho nitro benzene ring substituents is 1. The molecule has 1 aromatic rings. The summed E-state index contributed by atoms with van der Waals surface area (Å²) in [5.41, 5.74) is -0.00833. The number of nitro groups is 1. The van der Waals surface area contributed by atoms with Gasteiger partial charge in [0.1, 0.15) is 0 Å². The maximum Gasteiger partial charge on any atom is 0.269 e. The smallest absolute Gasteiger partial charge is 0.269 e. The van der Waals surface area contributed by atoms with Crippen molar-refractivity contribution in [3.63, 3.8) is 0 Å². The normalized spacial score (nSPS) is 11.0. The van der Waals surface area contributed by atoms with Crippen LogP contribution in [0.5, 0.6) is 0 Å². The topological polar surface area (TPSA) is 72.2 Å². The first-order valence-electron chi connectivity index (χ1n) is 5.56. The minimum atomic E-state index is -0.711. The third-order valence-corrected chi connectivity index (χ3v) is 2.33. The molecule has 0 saturated heterocycles. The van der Waals surface area contributed by atoms with Crippen LogP contribution >= 0.6 is 0 Å². The molecule has 0 bridgehead atoms. The fourth-order valence-corrected chi connectivity index (χ4v) is 1.26. The SMILES string of the molecule is C#CC(C)(C)NC(=O)C=Cc1ccc([N+](=O)[O-])cc1. The first kappa shape index (κ1) is 14.5. The molecule has 0 aromatic heterocycles. The van der Waals surface area contributed by atoms with Crippen molar-refractivity contribution < 1.29 is 9.72 Å². The quantitative estimate of drug-likeness (QED) is 0.389. The summed E-state index contributed by atoms with van der Waals surface area (Å²) in [6.45, 7) is 3.43. The van der Waals surface area contributed by atoms with Crippen molar-refractivity contribution in [3.8, 4) is 12.3 Å². The number of carbonyl (C=O) groups excluding carboxylic acids is 1. The Morgan fingerprint density at radius 3 is 2.47 bits per heavy atom. The number of hydrogen-bond acceptors (Lipinski definition) is 3. The molecule has 1 amide bonds. The zero-order valence-corrected chi connectivity index (χ0v) is 10.7. The number of nitrogens with zero attached hydrogens (tertiary/aromatic N) is 1. The summed E-state index contributed by atoms with van der Waals surface area (Å²) >= 11 is 0. The number of terminal acetylenes is 1. The molecule has 5 nitrogen and oxygen atoms in total. The second-order valence-corrected chi connectivity index (χ2v) is 4.44. The molecule has 0 aliphatic rings. The molecular weight excluding hydrogens is 244 g/mol. The summed E-state index contributed by atoms with van der Waals surface area (Å²) in [4.78, 5) is 21.6. The van der Waals surface area contributed by atoms with Crippen molar-refractivity contribution in [2.75, 3.05) is 0 Å². The van der Waals surface area contributed by atoms with E-state index in [9.17, 15) is 14.9 Å². The van der Waals surface area contributed by atoms with Crippen molar-refractivity contribution in [1.29, 1.82) is 0 Å². The van der Waals surface area contributed by atoms with Gasteiger partial charge in [-0.15, -0.1) is 6.42 Å². The van der Waals surface area contributed by atoms with Gasteiger partial charge in [-0.2, -0.15) is 0 Å². The van der Waals surface area contributed by atoms with E-state index in [1.165, 1.54) is 18.2 Å². The molecule has 0 saturated carbocycles. The van der Waals surface area contributed by atoms with Crippen LogP contribution in [0.1, 0.15) is 19.4 Å². The van der Waals surface area contributed by atoms with E-state index in [-0.39, 0.29) is 11.6 Å². The van der Waals surface area contributed by atoms with Crippen LogP contribution in [0, 0.1) is 22.5 Å². The van der Waals surface area contributed by atoms with Gasteiger partial charge >= 0.3 is 0 Å². The molecule has 98 valence electrons. The zero-order valence-electron chi connectivity index (χ0n) is 10.7. The molecule has 0 fully saturated rings. The van der Waals surface area contributed by atoms with Gasteiger partial charge in [0.05, 0.1) is 10.5 Å². The van der Waals surface area contributed by atoms with Gasteiger partial charge in [0.25, 0.3) is 5.69 Å². The lowest BCUT2D eigenvalue weighted by atomic mass is 10.1. The van der Waals surface area contributed by atoms with Crippen molar-refractivity contribution in [2.24, 2.45) is 0 Å². The van der Waals surface area contributed by atoms with E-state index < -0.39 is 10.5 Å². The van der Waals surface area contributed by atoms with Crippen LogP contribution in [0.4, 0.5) is 5.69 Å². The van der Waals surface area contributed by atoms with Gasteiger partial charge in [-0.3, -0.25) is 14.9 Å². The molecule has 19 heavy (non-hydrogen) atoms. The summed E-state index contributed by atoms with van der Waals surface area (Å²) in [7, 11) is 0. The number of nitrogens with one attached hydrogen (secondary N) is 1. The Balaban J connectivity index is 2.69. The monoisotopic (exact) mass is 258 g/mol. The van der Waals surface area contributed by atoms with Gasteiger partial charge < -0.3 is 5.32 Å². The predicted molar refractivity (Wildman–Crippen MR) is 73.2 cm³/mol. The van der Waals surface area contributed by atoms with Gasteiger partial charge in [0.15, 0.2) is 0 Å². The van der Waals surface area contributed by atoms with Crippen LogP contribution in [0.25, 0.3) is 6.08 Å². The molecule has 1 N–H and O–H groups in total. The minimum Gasteiger partial charge on any atom is -0.337 e. The predicted octanol–water partition coefficient (Wildman–Crippen LogP) is 2.14. The standard InChI is InChI=1S/C14H14N2O3/c1-4-14(2,3)15-13(17)10-7-11-5-8-12(9-6-11)16(18)19/h1,5-10H,2-3H3,(H,15,17). The number of nitro benzene ring substituents is 1. The van der Waals surface area contributed by atoms with Gasteiger partial charge in [-0.25, -0.2) is 0 Å². The highest BCUT2D eigenvalue weighted by atomic mass is 16.6. The van der Waals surface area contributed by atoms with Gasteiger partial charge in [0.2, 0.25) is 5.91 Å². The second kappa shape index (κ2) is 5.83. The van der Waals surface area contributed by atoms with Crippen molar-refractivity contribution in [3.05, 3.63) is 46.0 Å². The maximum absolute atomic E-state index is 11.6. The number of rotatable bonds is 4. The van der Waals surface area contributed by atoms with E-state index in [0.29, 0.717) is 5.56 Å². The minimum absolute atomic E-state index is 0.00932. The number of carbonyl (C=O) groups is 1. The summed E-state index contributed by atoms with van der Waals surface area (Å²) in [5, 5.41) is 13.1. The third kappa shape index (κ3) is 4.64. The van der Waals surface area contributed by atoms with E-state index in [0.717, 1.165) is 0 Å². The van der Waals surface area contributed by atoms with E-state index in [1.54, 1.807) is 32.1 Å². The molecule has 0 atom stereocenters. The van der Waals surface area contributed by atoms with E-state index in [2.05, 4.69) is 11.2 Å². The number of amides is 1. The largest absolute Gasteiger partial charge is 0.337 e. The van der Waals surface area contributed by atoms with Gasteiger partial charge in [0, 0.05) is 18.2 Å². The molecule has 1 aromatic carbocycles. The summed E-state index contributed by atoms with van der Waals surface area (Å²) in [6, 6.07) is 5.88.